The number of methoxy groups -OCH3 is 1. The number of carboxylic acid groups (broad SMARTS) is 1. The number of allylic oxidation sites excluding steroid dienone is 1. The van der Waals surface area contributed by atoms with Crippen molar-refractivity contribution < 1.29 is 23.9 Å². The summed E-state index contributed by atoms with van der Waals surface area (Å²) in [6.45, 7) is 7.83. The summed E-state index contributed by atoms with van der Waals surface area (Å²) < 4.78 is 10.4. The molecule has 1 unspecified atom stereocenters. The Morgan fingerprint density at radius 2 is 1.78 bits per heavy atom. The average molecular weight is 337 g/mol. The third-order valence-electron chi connectivity index (χ3n) is 2.79. The molecule has 0 saturated heterocycles. The van der Waals surface area contributed by atoms with E-state index < -0.39 is 26.3 Å². The number of carbonyl (C=O) groups excluding carboxylic acids is 1. The van der Waals surface area contributed by atoms with Gasteiger partial charge in [-0.2, -0.15) is 0 Å². The topological polar surface area (TPSA) is 84.9 Å². The number of rotatable bonds is 7. The van der Waals surface area contributed by atoms with Crippen molar-refractivity contribution in [2.24, 2.45) is 0 Å². The minimum atomic E-state index is -1.71. The zero-order chi connectivity index (χ0) is 17.6. The molecule has 0 aliphatic rings. The first kappa shape index (κ1) is 18.8. The maximum Gasteiger partial charge on any atom is 0.332 e. The number of hydrogen-bond donors (Lipinski definition) is 2. The quantitative estimate of drug-likeness (QED) is 0.452. The lowest BCUT2D eigenvalue weighted by atomic mass is 10.1. The second-order valence-electron chi connectivity index (χ2n) is 6.05. The Morgan fingerprint density at radius 1 is 1.22 bits per heavy atom. The Labute approximate surface area is 137 Å². The molecule has 1 atom stereocenters. The molecule has 1 aromatic rings. The van der Waals surface area contributed by atoms with Gasteiger partial charge in [0.25, 0.3) is 0 Å². The van der Waals surface area contributed by atoms with Crippen molar-refractivity contribution in [3.05, 3.63) is 41.6 Å². The average Bonchev–Trinajstić information content (AvgIpc) is 2.43. The number of esters is 1. The highest BCUT2D eigenvalue weighted by molar-refractivity contribution is 6.70. The molecule has 0 radical (unpaired) electrons. The Bertz CT molecular complexity index is 589. The fraction of sp³-hybridized carbons (Fsp3) is 0.375. The molecule has 0 heterocycles. The molecule has 0 spiro atoms. The lowest BCUT2D eigenvalue weighted by Crippen LogP contribution is -2.29. The molecule has 0 fully saturated rings. The molecule has 23 heavy (non-hydrogen) atoms. The van der Waals surface area contributed by atoms with Crippen molar-refractivity contribution in [3.63, 3.8) is 0 Å². The third-order valence-corrected chi connectivity index (χ3v) is 3.64. The maximum absolute atomic E-state index is 11.5. The molecule has 1 rings (SSSR count). The first-order valence-corrected chi connectivity index (χ1v) is 10.6. The molecule has 1 aromatic carbocycles. The Morgan fingerprint density at radius 3 is 2.22 bits per heavy atom. The number of hydrogen-bond acceptors (Lipinski definition) is 5. The lowest BCUT2D eigenvalue weighted by Gasteiger charge is -2.20. The summed E-state index contributed by atoms with van der Waals surface area (Å²) in [6.07, 6.45) is 1.21. The molecule has 0 aliphatic heterocycles. The largest absolute Gasteiger partial charge is 0.544 e. The van der Waals surface area contributed by atoms with Crippen LogP contribution >= 0.6 is 0 Å². The van der Waals surface area contributed by atoms with Crippen LogP contribution in [0.15, 0.2) is 36.0 Å². The van der Waals surface area contributed by atoms with E-state index in [1.165, 1.54) is 13.2 Å². The van der Waals surface area contributed by atoms with Crippen LogP contribution in [0.1, 0.15) is 18.5 Å². The monoisotopic (exact) mass is 337 g/mol. The number of aliphatic carboxylic acids is 1. The van der Waals surface area contributed by atoms with Gasteiger partial charge >= 0.3 is 11.9 Å². The third kappa shape index (κ3) is 6.56. The van der Waals surface area contributed by atoms with Crippen LogP contribution in [-0.2, 0) is 14.3 Å². The van der Waals surface area contributed by atoms with Gasteiger partial charge in [0.05, 0.1) is 7.11 Å². The molecule has 0 bridgehead atoms. The van der Waals surface area contributed by atoms with Gasteiger partial charge in [-0.05, 0) is 44.3 Å². The van der Waals surface area contributed by atoms with Gasteiger partial charge < -0.3 is 19.6 Å². The number of benzene rings is 1. The smallest absolute Gasteiger partial charge is 0.332 e. The maximum atomic E-state index is 11.5. The van der Waals surface area contributed by atoms with Gasteiger partial charge in [0.1, 0.15) is 11.8 Å². The van der Waals surface area contributed by atoms with Gasteiger partial charge in [-0.1, -0.05) is 12.1 Å². The van der Waals surface area contributed by atoms with Crippen molar-refractivity contribution >= 4 is 20.3 Å². The summed E-state index contributed by atoms with van der Waals surface area (Å²) in [6, 6.07) is 5.95. The summed E-state index contributed by atoms with van der Waals surface area (Å²) in [5, 5.41) is 12.2. The van der Waals surface area contributed by atoms with E-state index in [-0.39, 0.29) is 0 Å². The highest BCUT2D eigenvalue weighted by atomic mass is 28.4. The molecule has 0 aromatic heterocycles. The minimum absolute atomic E-state index is 0.409. The van der Waals surface area contributed by atoms with Crippen LogP contribution in [0, 0.1) is 0 Å². The van der Waals surface area contributed by atoms with Gasteiger partial charge in [0.15, 0.2) is 0 Å². The first-order valence-electron chi connectivity index (χ1n) is 7.17. The van der Waals surface area contributed by atoms with Crippen molar-refractivity contribution in [3.8, 4) is 5.75 Å². The zero-order valence-electron chi connectivity index (χ0n) is 14.0. The van der Waals surface area contributed by atoms with Crippen molar-refractivity contribution in [2.75, 3.05) is 7.11 Å². The Hall–Kier alpha value is -2.28. The molecule has 2 N–H and O–H groups in total. The summed E-state index contributed by atoms with van der Waals surface area (Å²) in [5.74, 6) is -0.863. The van der Waals surface area contributed by atoms with E-state index in [0.29, 0.717) is 11.3 Å². The van der Waals surface area contributed by atoms with Crippen molar-refractivity contribution in [1.82, 2.24) is 5.32 Å². The van der Waals surface area contributed by atoms with Crippen molar-refractivity contribution in [1.29, 1.82) is 0 Å². The molecule has 7 heteroatoms. The van der Waals surface area contributed by atoms with Gasteiger partial charge in [-0.3, -0.25) is 0 Å². The first-order chi connectivity index (χ1) is 10.6. The predicted molar refractivity (Wildman–Crippen MR) is 89.7 cm³/mol. The number of nitrogens with one attached hydrogen (secondary N) is 1. The molecular formula is C16H23NO5Si. The molecular weight excluding hydrogens is 314 g/mol. The molecule has 6 nitrogen and oxygen atoms in total. The van der Waals surface area contributed by atoms with Crippen LogP contribution in [0.5, 0.6) is 5.75 Å². The van der Waals surface area contributed by atoms with Gasteiger partial charge in [-0.15, -0.1) is 0 Å². The molecule has 0 saturated carbocycles. The van der Waals surface area contributed by atoms with Crippen LogP contribution in [0.4, 0.5) is 0 Å². The van der Waals surface area contributed by atoms with Crippen LogP contribution < -0.4 is 9.74 Å². The Balaban J connectivity index is 2.92. The van der Waals surface area contributed by atoms with Crippen LogP contribution in [0.2, 0.25) is 19.6 Å². The second-order valence-corrected chi connectivity index (χ2v) is 10.5. The van der Waals surface area contributed by atoms with E-state index in [4.69, 9.17) is 4.43 Å². The predicted octanol–water partition coefficient (Wildman–Crippen LogP) is 2.69. The van der Waals surface area contributed by atoms with E-state index in [1.54, 1.807) is 31.2 Å². The van der Waals surface area contributed by atoms with Gasteiger partial charge in [0, 0.05) is 11.8 Å². The SMILES string of the molecule is COC(=O)C=C(C)NC(C(=O)O)c1ccc(O[Si](C)(C)C)cc1. The second kappa shape index (κ2) is 7.82. The van der Waals surface area contributed by atoms with Gasteiger partial charge in [-0.25, -0.2) is 9.59 Å². The minimum Gasteiger partial charge on any atom is -0.544 e. The van der Waals surface area contributed by atoms with Crippen LogP contribution in [0.3, 0.4) is 0 Å². The number of carbonyl (C=O) groups is 2. The molecule has 0 amide bonds. The zero-order valence-corrected chi connectivity index (χ0v) is 15.0. The summed E-state index contributed by atoms with van der Waals surface area (Å²) in [7, 11) is -0.444. The standard InChI is InChI=1S/C16H23NO5Si/c1-11(10-14(18)21-2)17-15(16(19)20)12-6-8-13(9-7-12)22-23(3,4)5/h6-10,15,17H,1-5H3,(H,19,20). The number of carboxylic acids is 1. The van der Waals surface area contributed by atoms with Gasteiger partial charge in [0.2, 0.25) is 8.32 Å². The van der Waals surface area contributed by atoms with Crippen LogP contribution in [0.25, 0.3) is 0 Å². The summed E-state index contributed by atoms with van der Waals surface area (Å²) >= 11 is 0. The Kier molecular flexibility index (Phi) is 6.38. The molecule has 126 valence electrons. The molecule has 0 aliphatic carbocycles. The summed E-state index contributed by atoms with van der Waals surface area (Å²) in [5.41, 5.74) is 0.977. The van der Waals surface area contributed by atoms with E-state index in [9.17, 15) is 14.7 Å². The lowest BCUT2D eigenvalue weighted by molar-refractivity contribution is -0.139. The fourth-order valence-corrected chi connectivity index (χ4v) is 2.72. The highest BCUT2D eigenvalue weighted by Gasteiger charge is 2.21. The van der Waals surface area contributed by atoms with Crippen LogP contribution in [-0.4, -0.2) is 32.5 Å². The van der Waals surface area contributed by atoms with E-state index in [2.05, 4.69) is 29.7 Å². The van der Waals surface area contributed by atoms with E-state index >= 15 is 0 Å². The van der Waals surface area contributed by atoms with E-state index in [0.717, 1.165) is 5.75 Å². The van der Waals surface area contributed by atoms with Crippen molar-refractivity contribution in [2.45, 2.75) is 32.6 Å². The van der Waals surface area contributed by atoms with E-state index in [1.807, 2.05) is 0 Å². The summed E-state index contributed by atoms with van der Waals surface area (Å²) in [4.78, 5) is 22.7. The highest BCUT2D eigenvalue weighted by Crippen LogP contribution is 2.21. The normalized spacial score (nSPS) is 13.2. The number of ether oxygens (including phenoxy) is 1. The fourth-order valence-electron chi connectivity index (χ4n) is 1.87.